The normalized spacial score (nSPS) is 10.6. The molecule has 3 rings (SSSR count). The quantitative estimate of drug-likeness (QED) is 0.642. The summed E-state index contributed by atoms with van der Waals surface area (Å²) in [6.07, 6.45) is 0. The lowest BCUT2D eigenvalue weighted by molar-refractivity contribution is 0.103. The van der Waals surface area contributed by atoms with Crippen LogP contribution in [0.3, 0.4) is 0 Å². The molecule has 8 heteroatoms. The second-order valence-electron chi connectivity index (χ2n) is 4.68. The molecule has 0 atom stereocenters. The Morgan fingerprint density at radius 2 is 2.08 bits per heavy atom. The van der Waals surface area contributed by atoms with Gasteiger partial charge in [0, 0.05) is 16.3 Å². The number of rotatable bonds is 5. The summed E-state index contributed by atoms with van der Waals surface area (Å²) >= 11 is 8.66. The average molecular weight is 380 g/mol. The molecule has 3 aromatic rings. The van der Waals surface area contributed by atoms with Crippen LogP contribution in [0.25, 0.3) is 0 Å². The maximum absolute atomic E-state index is 13.7. The van der Waals surface area contributed by atoms with E-state index in [4.69, 9.17) is 11.6 Å². The van der Waals surface area contributed by atoms with Crippen molar-refractivity contribution < 1.29 is 9.18 Å². The van der Waals surface area contributed by atoms with Gasteiger partial charge in [0.25, 0.3) is 5.91 Å². The van der Waals surface area contributed by atoms with Crippen LogP contribution in [0.15, 0.2) is 52.9 Å². The fraction of sp³-hybridized carbons (Fsp3) is 0.0625. The predicted octanol–water partition coefficient (Wildman–Crippen LogP) is 4.88. The Labute approximate surface area is 151 Å². The lowest BCUT2D eigenvalue weighted by Gasteiger charge is -2.06. The van der Waals surface area contributed by atoms with Gasteiger partial charge in [-0.15, -0.1) is 21.5 Å². The third-order valence-corrected chi connectivity index (χ3v) is 5.22. The number of nitrogens with one attached hydrogen (secondary N) is 1. The van der Waals surface area contributed by atoms with Gasteiger partial charge in [0.05, 0.1) is 4.88 Å². The van der Waals surface area contributed by atoms with Crippen molar-refractivity contribution in [3.05, 3.63) is 69.1 Å². The van der Waals surface area contributed by atoms with E-state index in [9.17, 15) is 9.18 Å². The largest absolute Gasteiger partial charge is 0.304 e. The van der Waals surface area contributed by atoms with Crippen molar-refractivity contribution in [1.82, 2.24) is 10.2 Å². The van der Waals surface area contributed by atoms with E-state index < -0.39 is 0 Å². The first-order valence-electron chi connectivity index (χ1n) is 6.88. The van der Waals surface area contributed by atoms with Crippen molar-refractivity contribution in [2.75, 3.05) is 5.32 Å². The molecule has 0 saturated carbocycles. The van der Waals surface area contributed by atoms with Crippen LogP contribution in [0.4, 0.5) is 10.2 Å². The van der Waals surface area contributed by atoms with Gasteiger partial charge in [-0.2, -0.15) is 0 Å². The number of carbonyl (C=O) groups excluding carboxylic acids is 1. The number of amides is 1. The first-order valence-corrected chi connectivity index (χ1v) is 9.12. The van der Waals surface area contributed by atoms with E-state index >= 15 is 0 Å². The topological polar surface area (TPSA) is 54.9 Å². The summed E-state index contributed by atoms with van der Waals surface area (Å²) in [4.78, 5) is 12.5. The lowest BCUT2D eigenvalue weighted by atomic mass is 10.2. The highest BCUT2D eigenvalue weighted by atomic mass is 35.5. The summed E-state index contributed by atoms with van der Waals surface area (Å²) in [5.41, 5.74) is 0.432. The predicted molar refractivity (Wildman–Crippen MR) is 95.3 cm³/mol. The van der Waals surface area contributed by atoms with Gasteiger partial charge in [-0.1, -0.05) is 35.5 Å². The van der Waals surface area contributed by atoms with Crippen LogP contribution in [0.5, 0.6) is 0 Å². The van der Waals surface area contributed by atoms with Gasteiger partial charge < -0.3 is 5.32 Å². The van der Waals surface area contributed by atoms with Crippen molar-refractivity contribution >= 4 is 46.4 Å². The van der Waals surface area contributed by atoms with Crippen LogP contribution in [-0.4, -0.2) is 16.1 Å². The van der Waals surface area contributed by atoms with Gasteiger partial charge in [-0.3, -0.25) is 4.79 Å². The number of hydrogen-bond donors (Lipinski definition) is 1. The van der Waals surface area contributed by atoms with Gasteiger partial charge in [0.15, 0.2) is 5.82 Å². The molecule has 2 aromatic heterocycles. The Balaban J connectivity index is 1.61. The molecule has 0 unspecified atom stereocenters. The van der Waals surface area contributed by atoms with E-state index in [2.05, 4.69) is 15.5 Å². The van der Waals surface area contributed by atoms with Crippen LogP contribution in [-0.2, 0) is 5.75 Å². The summed E-state index contributed by atoms with van der Waals surface area (Å²) in [7, 11) is 0. The summed E-state index contributed by atoms with van der Waals surface area (Å²) in [6.45, 7) is 0. The van der Waals surface area contributed by atoms with Crippen molar-refractivity contribution in [2.24, 2.45) is 0 Å². The molecule has 0 saturated heterocycles. The van der Waals surface area contributed by atoms with Crippen molar-refractivity contribution in [3.8, 4) is 0 Å². The molecule has 24 heavy (non-hydrogen) atoms. The molecule has 1 aromatic carbocycles. The number of carbonyl (C=O) groups is 1. The minimum absolute atomic E-state index is 0.224. The molecular weight excluding hydrogens is 369 g/mol. The monoisotopic (exact) mass is 379 g/mol. The van der Waals surface area contributed by atoms with E-state index in [-0.39, 0.29) is 11.7 Å². The summed E-state index contributed by atoms with van der Waals surface area (Å²) in [5, 5.41) is 13.5. The van der Waals surface area contributed by atoms with Crippen molar-refractivity contribution in [1.29, 1.82) is 0 Å². The van der Waals surface area contributed by atoms with Crippen LogP contribution in [0.1, 0.15) is 15.2 Å². The minimum atomic E-state index is -0.345. The number of nitrogens with zero attached hydrogens (tertiary/aromatic N) is 2. The Kier molecular flexibility index (Phi) is 5.44. The molecule has 1 amide bonds. The van der Waals surface area contributed by atoms with Crippen molar-refractivity contribution in [2.45, 2.75) is 10.8 Å². The fourth-order valence-electron chi connectivity index (χ4n) is 1.87. The van der Waals surface area contributed by atoms with E-state index in [0.29, 0.717) is 32.1 Å². The number of thioether (sulfide) groups is 1. The molecule has 0 bridgehead atoms. The highest BCUT2D eigenvalue weighted by Crippen LogP contribution is 2.27. The van der Waals surface area contributed by atoms with E-state index in [1.54, 1.807) is 36.4 Å². The molecule has 1 N–H and O–H groups in total. The van der Waals surface area contributed by atoms with E-state index in [1.807, 2.05) is 5.38 Å². The first-order chi connectivity index (χ1) is 11.6. The average Bonchev–Trinajstić information content (AvgIpc) is 3.10. The lowest BCUT2D eigenvalue weighted by Crippen LogP contribution is -2.11. The summed E-state index contributed by atoms with van der Waals surface area (Å²) in [5.74, 6) is 0.142. The van der Waals surface area contributed by atoms with E-state index in [0.717, 1.165) is 0 Å². The summed E-state index contributed by atoms with van der Waals surface area (Å²) < 4.78 is 13.7. The second kappa shape index (κ2) is 7.74. The molecule has 4 nitrogen and oxygen atoms in total. The van der Waals surface area contributed by atoms with Crippen molar-refractivity contribution in [3.63, 3.8) is 0 Å². The van der Waals surface area contributed by atoms with Crippen LogP contribution < -0.4 is 5.32 Å². The highest BCUT2D eigenvalue weighted by molar-refractivity contribution is 7.98. The zero-order valence-corrected chi connectivity index (χ0v) is 14.6. The number of halogens is 2. The first kappa shape index (κ1) is 16.9. The molecule has 122 valence electrons. The third-order valence-electron chi connectivity index (χ3n) is 3.05. The maximum Gasteiger partial charge on any atom is 0.266 e. The Bertz CT molecular complexity index is 821. The standard InChI is InChI=1S/C16H11ClFN3OS2/c17-11-3-1-4-12(18)10(11)9-24-15-7-6-14(20-21-15)19-16(22)13-5-2-8-23-13/h1-8H,9H2,(H,19,20,22). The number of anilines is 1. The fourth-order valence-corrected chi connectivity index (χ4v) is 3.64. The van der Waals surface area contributed by atoms with Gasteiger partial charge in [0.1, 0.15) is 10.8 Å². The van der Waals surface area contributed by atoms with Gasteiger partial charge >= 0.3 is 0 Å². The zero-order chi connectivity index (χ0) is 16.9. The molecule has 0 aliphatic heterocycles. The maximum atomic E-state index is 13.7. The number of benzene rings is 1. The van der Waals surface area contributed by atoms with Gasteiger partial charge in [-0.05, 0) is 35.7 Å². The molecule has 0 aliphatic rings. The SMILES string of the molecule is O=C(Nc1ccc(SCc2c(F)cccc2Cl)nn1)c1cccs1. The Morgan fingerprint density at radius 1 is 1.21 bits per heavy atom. The Hall–Kier alpha value is -1.96. The second-order valence-corrected chi connectivity index (χ2v) is 7.03. The molecule has 0 aliphatic carbocycles. The molecule has 0 fully saturated rings. The number of aromatic nitrogens is 2. The molecule has 2 heterocycles. The highest BCUT2D eigenvalue weighted by Gasteiger charge is 2.10. The van der Waals surface area contributed by atoms with Crippen LogP contribution >= 0.6 is 34.7 Å². The van der Waals surface area contributed by atoms with Gasteiger partial charge in [-0.25, -0.2) is 4.39 Å². The smallest absolute Gasteiger partial charge is 0.266 e. The van der Waals surface area contributed by atoms with Crippen LogP contribution in [0, 0.1) is 5.82 Å². The number of thiophene rings is 1. The molecular formula is C16H11ClFN3OS2. The molecule has 0 radical (unpaired) electrons. The number of hydrogen-bond acceptors (Lipinski definition) is 5. The van der Waals surface area contributed by atoms with E-state index in [1.165, 1.54) is 29.2 Å². The van der Waals surface area contributed by atoms with Gasteiger partial charge in [0.2, 0.25) is 0 Å². The minimum Gasteiger partial charge on any atom is -0.304 e. The molecule has 0 spiro atoms. The Morgan fingerprint density at radius 3 is 2.75 bits per heavy atom. The van der Waals surface area contributed by atoms with Crippen LogP contribution in [0.2, 0.25) is 5.02 Å². The third kappa shape index (κ3) is 4.11. The zero-order valence-electron chi connectivity index (χ0n) is 12.2. The summed E-state index contributed by atoms with van der Waals surface area (Å²) in [6, 6.07) is 11.5.